The quantitative estimate of drug-likeness (QED) is 0.731. The van der Waals surface area contributed by atoms with Crippen molar-refractivity contribution in [2.75, 3.05) is 11.9 Å². The van der Waals surface area contributed by atoms with E-state index < -0.39 is 5.91 Å². The molecule has 7 heteroatoms. The second kappa shape index (κ2) is 7.39. The van der Waals surface area contributed by atoms with Gasteiger partial charge in [0.25, 0.3) is 5.56 Å². The van der Waals surface area contributed by atoms with Crippen molar-refractivity contribution in [3.05, 3.63) is 71.1 Å². The zero-order valence-electron chi connectivity index (χ0n) is 13.3. The first-order valence-corrected chi connectivity index (χ1v) is 7.69. The van der Waals surface area contributed by atoms with E-state index in [4.69, 9.17) is 0 Å². The molecule has 126 valence electrons. The van der Waals surface area contributed by atoms with Crippen LogP contribution in [0.25, 0.3) is 11.0 Å². The molecule has 0 radical (unpaired) electrons. The fourth-order valence-corrected chi connectivity index (χ4v) is 2.38. The van der Waals surface area contributed by atoms with Crippen LogP contribution in [-0.4, -0.2) is 27.9 Å². The third kappa shape index (κ3) is 4.08. The number of hydrogen-bond acceptors (Lipinski definition) is 4. The molecule has 0 atom stereocenters. The average molecular weight is 336 g/mol. The minimum atomic E-state index is -0.429. The van der Waals surface area contributed by atoms with Gasteiger partial charge in [-0.15, -0.1) is 0 Å². The standard InChI is InChI=1S/C18H16N4O3/c23-16(21-13-6-2-1-3-7-13)10-20-17(24)12-22-15-9-5-4-8-14(15)19-11-18(22)25/h1-9,11H,10,12H2,(H,20,24)(H,21,23). The van der Waals surface area contributed by atoms with Gasteiger partial charge in [0.05, 0.1) is 23.8 Å². The number of para-hydroxylation sites is 3. The van der Waals surface area contributed by atoms with Crippen LogP contribution in [0.1, 0.15) is 0 Å². The number of rotatable bonds is 5. The van der Waals surface area contributed by atoms with Crippen molar-refractivity contribution < 1.29 is 9.59 Å². The van der Waals surface area contributed by atoms with Gasteiger partial charge in [0.1, 0.15) is 6.54 Å². The molecule has 0 spiro atoms. The van der Waals surface area contributed by atoms with E-state index in [1.54, 1.807) is 48.5 Å². The monoisotopic (exact) mass is 336 g/mol. The average Bonchev–Trinajstić information content (AvgIpc) is 2.63. The van der Waals surface area contributed by atoms with Crippen molar-refractivity contribution >= 4 is 28.5 Å². The number of benzene rings is 2. The Morgan fingerprint density at radius 2 is 1.68 bits per heavy atom. The third-order valence-electron chi connectivity index (χ3n) is 3.56. The van der Waals surface area contributed by atoms with E-state index in [0.29, 0.717) is 16.7 Å². The largest absolute Gasteiger partial charge is 0.345 e. The maximum absolute atomic E-state index is 12.1. The highest BCUT2D eigenvalue weighted by Crippen LogP contribution is 2.08. The van der Waals surface area contributed by atoms with E-state index in [0.717, 1.165) is 0 Å². The fraction of sp³-hybridized carbons (Fsp3) is 0.111. The first-order valence-electron chi connectivity index (χ1n) is 7.69. The van der Waals surface area contributed by atoms with Gasteiger partial charge in [-0.3, -0.25) is 19.0 Å². The molecule has 0 aliphatic heterocycles. The number of nitrogens with one attached hydrogen (secondary N) is 2. The lowest BCUT2D eigenvalue weighted by Crippen LogP contribution is -2.37. The van der Waals surface area contributed by atoms with Gasteiger partial charge >= 0.3 is 0 Å². The molecule has 1 aromatic heterocycles. The summed E-state index contributed by atoms with van der Waals surface area (Å²) in [6.45, 7) is -0.355. The fourth-order valence-electron chi connectivity index (χ4n) is 2.38. The zero-order valence-corrected chi connectivity index (χ0v) is 13.3. The van der Waals surface area contributed by atoms with Crippen LogP contribution in [0.4, 0.5) is 5.69 Å². The van der Waals surface area contributed by atoms with Crippen molar-refractivity contribution in [2.24, 2.45) is 0 Å². The molecule has 0 aliphatic carbocycles. The number of anilines is 1. The molecular weight excluding hydrogens is 320 g/mol. The third-order valence-corrected chi connectivity index (χ3v) is 3.56. The second-order valence-corrected chi connectivity index (χ2v) is 5.36. The highest BCUT2D eigenvalue weighted by Gasteiger charge is 2.10. The van der Waals surface area contributed by atoms with Crippen LogP contribution in [0.15, 0.2) is 65.6 Å². The molecule has 0 saturated carbocycles. The molecular formula is C18H16N4O3. The van der Waals surface area contributed by atoms with Gasteiger partial charge < -0.3 is 10.6 Å². The summed E-state index contributed by atoms with van der Waals surface area (Å²) < 4.78 is 1.33. The van der Waals surface area contributed by atoms with E-state index in [2.05, 4.69) is 15.6 Å². The normalized spacial score (nSPS) is 10.4. The first kappa shape index (κ1) is 16.4. The lowest BCUT2D eigenvalue weighted by molar-refractivity contribution is -0.124. The second-order valence-electron chi connectivity index (χ2n) is 5.36. The Kier molecular flexibility index (Phi) is 4.84. The molecule has 2 amide bonds. The summed E-state index contributed by atoms with van der Waals surface area (Å²) in [6.07, 6.45) is 1.18. The molecule has 3 rings (SSSR count). The topological polar surface area (TPSA) is 93.1 Å². The van der Waals surface area contributed by atoms with Gasteiger partial charge in [-0.2, -0.15) is 0 Å². The van der Waals surface area contributed by atoms with Crippen LogP contribution in [0.5, 0.6) is 0 Å². The maximum atomic E-state index is 12.1. The molecule has 2 aromatic carbocycles. The maximum Gasteiger partial charge on any atom is 0.269 e. The van der Waals surface area contributed by atoms with Gasteiger partial charge in [-0.25, -0.2) is 4.98 Å². The van der Waals surface area contributed by atoms with E-state index >= 15 is 0 Å². The molecule has 0 bridgehead atoms. The lowest BCUT2D eigenvalue weighted by atomic mass is 10.3. The molecule has 0 unspecified atom stereocenters. The number of carbonyl (C=O) groups excluding carboxylic acids is 2. The van der Waals surface area contributed by atoms with E-state index in [-0.39, 0.29) is 24.6 Å². The van der Waals surface area contributed by atoms with E-state index in [9.17, 15) is 14.4 Å². The van der Waals surface area contributed by atoms with E-state index in [1.807, 2.05) is 6.07 Å². The molecule has 2 N–H and O–H groups in total. The molecule has 0 fully saturated rings. The Labute approximate surface area is 143 Å². The molecule has 0 aliphatic rings. The SMILES string of the molecule is O=C(Cn1c(=O)cnc2ccccc21)NCC(=O)Nc1ccccc1. The number of aromatic nitrogens is 2. The summed E-state index contributed by atoms with van der Waals surface area (Å²) in [4.78, 5) is 40.0. The number of carbonyl (C=O) groups is 2. The Bertz CT molecular complexity index is 967. The molecule has 25 heavy (non-hydrogen) atoms. The summed E-state index contributed by atoms with van der Waals surface area (Å²) in [5, 5.41) is 5.18. The number of amides is 2. The van der Waals surface area contributed by atoms with Crippen LogP contribution >= 0.6 is 0 Å². The molecule has 7 nitrogen and oxygen atoms in total. The van der Waals surface area contributed by atoms with Gasteiger partial charge in [-0.05, 0) is 24.3 Å². The Balaban J connectivity index is 1.63. The minimum Gasteiger partial charge on any atom is -0.345 e. The van der Waals surface area contributed by atoms with Crippen molar-refractivity contribution in [2.45, 2.75) is 6.54 Å². The van der Waals surface area contributed by atoms with Crippen molar-refractivity contribution in [1.29, 1.82) is 0 Å². The van der Waals surface area contributed by atoms with Crippen LogP contribution in [0.2, 0.25) is 0 Å². The number of hydrogen-bond donors (Lipinski definition) is 2. The van der Waals surface area contributed by atoms with E-state index in [1.165, 1.54) is 10.8 Å². The lowest BCUT2D eigenvalue weighted by Gasteiger charge is -2.10. The van der Waals surface area contributed by atoms with Crippen molar-refractivity contribution in [3.63, 3.8) is 0 Å². The van der Waals surface area contributed by atoms with Crippen molar-refractivity contribution in [1.82, 2.24) is 14.9 Å². The molecule has 0 saturated heterocycles. The van der Waals surface area contributed by atoms with Gasteiger partial charge in [-0.1, -0.05) is 30.3 Å². The smallest absolute Gasteiger partial charge is 0.269 e. The summed E-state index contributed by atoms with van der Waals surface area (Å²) in [7, 11) is 0. The van der Waals surface area contributed by atoms with Crippen LogP contribution in [-0.2, 0) is 16.1 Å². The van der Waals surface area contributed by atoms with Gasteiger partial charge in [0.2, 0.25) is 11.8 Å². The minimum absolute atomic E-state index is 0.175. The van der Waals surface area contributed by atoms with Crippen molar-refractivity contribution in [3.8, 4) is 0 Å². The number of nitrogens with zero attached hydrogens (tertiary/aromatic N) is 2. The summed E-state index contributed by atoms with van der Waals surface area (Å²) in [6, 6.07) is 16.0. The summed E-state index contributed by atoms with van der Waals surface area (Å²) in [5.41, 5.74) is 1.47. The van der Waals surface area contributed by atoms with Crippen LogP contribution in [0.3, 0.4) is 0 Å². The predicted molar refractivity (Wildman–Crippen MR) is 94.1 cm³/mol. The number of fused-ring (bicyclic) bond motifs is 1. The van der Waals surface area contributed by atoms with Gasteiger partial charge in [0.15, 0.2) is 0 Å². The molecule has 1 heterocycles. The Hall–Kier alpha value is -3.48. The van der Waals surface area contributed by atoms with Crippen LogP contribution in [0, 0.1) is 0 Å². The molecule has 3 aromatic rings. The Morgan fingerprint density at radius 1 is 0.960 bits per heavy atom. The highest BCUT2D eigenvalue weighted by atomic mass is 16.2. The van der Waals surface area contributed by atoms with Crippen LogP contribution < -0.4 is 16.2 Å². The predicted octanol–water partition coefficient (Wildman–Crippen LogP) is 1.15. The summed E-state index contributed by atoms with van der Waals surface area (Å²) in [5.74, 6) is -0.770. The summed E-state index contributed by atoms with van der Waals surface area (Å²) >= 11 is 0. The highest BCUT2D eigenvalue weighted by molar-refractivity contribution is 5.94. The van der Waals surface area contributed by atoms with Gasteiger partial charge in [0, 0.05) is 5.69 Å². The Morgan fingerprint density at radius 3 is 2.48 bits per heavy atom. The first-order chi connectivity index (χ1) is 12.1. The zero-order chi connectivity index (χ0) is 17.6.